The van der Waals surface area contributed by atoms with Crippen molar-refractivity contribution in [1.82, 2.24) is 20.1 Å². The van der Waals surface area contributed by atoms with Crippen LogP contribution in [0.25, 0.3) is 5.69 Å². The molecule has 1 aliphatic rings. The van der Waals surface area contributed by atoms with Crippen molar-refractivity contribution < 1.29 is 28.6 Å². The zero-order chi connectivity index (χ0) is 31.1. The van der Waals surface area contributed by atoms with Crippen LogP contribution in [0.15, 0.2) is 53.7 Å². The topological polar surface area (TPSA) is 134 Å². The second-order valence-corrected chi connectivity index (χ2v) is 11.8. The predicted octanol–water partition coefficient (Wildman–Crippen LogP) is 5.06. The van der Waals surface area contributed by atoms with Crippen LogP contribution in [0.5, 0.6) is 11.5 Å². The Morgan fingerprint density at radius 3 is 2.52 bits per heavy atom. The van der Waals surface area contributed by atoms with Crippen LogP contribution in [-0.4, -0.2) is 59.1 Å². The number of aryl methyl sites for hydroxylation is 1. The number of rotatable bonds is 12. The molecule has 4 aromatic rings. The molecule has 230 valence electrons. The summed E-state index contributed by atoms with van der Waals surface area (Å²) in [6.45, 7) is 2.10. The maximum Gasteiger partial charge on any atom is 0.341 e. The maximum absolute atomic E-state index is 13.2. The molecule has 44 heavy (non-hydrogen) atoms. The second-order valence-electron chi connectivity index (χ2n) is 9.79. The van der Waals surface area contributed by atoms with E-state index in [-0.39, 0.29) is 30.7 Å². The van der Waals surface area contributed by atoms with Gasteiger partial charge < -0.3 is 24.8 Å². The highest BCUT2D eigenvalue weighted by Crippen LogP contribution is 2.39. The van der Waals surface area contributed by atoms with Crippen LogP contribution in [-0.2, 0) is 28.9 Å². The zero-order valence-electron chi connectivity index (χ0n) is 24.7. The van der Waals surface area contributed by atoms with Gasteiger partial charge in [-0.25, -0.2) is 4.79 Å². The SMILES string of the molecule is CCOC(=O)c1c(NC(=O)CSc2nnc(CNC(=O)c3ccc(OC)cc3)n2-c2ccccc2OC)sc2c1CCCC2. The Labute approximate surface area is 263 Å². The van der Waals surface area contributed by atoms with E-state index in [0.29, 0.717) is 44.3 Å². The van der Waals surface area contributed by atoms with Crippen LogP contribution in [0.2, 0.25) is 0 Å². The number of thiophene rings is 1. The summed E-state index contributed by atoms with van der Waals surface area (Å²) >= 11 is 2.63. The van der Waals surface area contributed by atoms with E-state index in [4.69, 9.17) is 14.2 Å². The van der Waals surface area contributed by atoms with Crippen LogP contribution in [0.4, 0.5) is 5.00 Å². The Balaban J connectivity index is 1.34. The summed E-state index contributed by atoms with van der Waals surface area (Å²) in [6, 6.07) is 14.1. The largest absolute Gasteiger partial charge is 0.497 e. The maximum atomic E-state index is 13.2. The lowest BCUT2D eigenvalue weighted by atomic mass is 9.95. The normalized spacial score (nSPS) is 12.2. The second kappa shape index (κ2) is 14.4. The number of amides is 2. The number of nitrogens with one attached hydrogen (secondary N) is 2. The standard InChI is InChI=1S/C31H33N5O6S2/c1-4-42-30(39)27-21-9-5-8-12-24(21)44-29(27)33-26(37)18-43-31-35-34-25(36(31)22-10-6-7-11-23(22)41-3)17-32-28(38)19-13-15-20(40-2)16-14-19/h6-7,10-11,13-16H,4-5,8-9,12,17-18H2,1-3H3,(H,32,38)(H,33,37). The lowest BCUT2D eigenvalue weighted by Crippen LogP contribution is -2.24. The first kappa shape index (κ1) is 31.1. The minimum absolute atomic E-state index is 0.0102. The average Bonchev–Trinajstić information content (AvgIpc) is 3.63. The lowest BCUT2D eigenvalue weighted by Gasteiger charge is -2.14. The summed E-state index contributed by atoms with van der Waals surface area (Å²) in [4.78, 5) is 40.0. The van der Waals surface area contributed by atoms with E-state index in [1.54, 1.807) is 50.0 Å². The summed E-state index contributed by atoms with van der Waals surface area (Å²) < 4.78 is 17.8. The summed E-state index contributed by atoms with van der Waals surface area (Å²) in [5.41, 5.74) is 2.59. The van der Waals surface area contributed by atoms with E-state index in [1.807, 2.05) is 24.3 Å². The van der Waals surface area contributed by atoms with E-state index < -0.39 is 5.97 Å². The fraction of sp³-hybridized carbons (Fsp3) is 0.323. The molecular weight excluding hydrogens is 603 g/mol. The number of para-hydroxylation sites is 2. The van der Waals surface area contributed by atoms with Gasteiger partial charge in [0.25, 0.3) is 5.91 Å². The van der Waals surface area contributed by atoms with Crippen molar-refractivity contribution in [3.63, 3.8) is 0 Å². The lowest BCUT2D eigenvalue weighted by molar-refractivity contribution is -0.113. The number of hydrogen-bond donors (Lipinski definition) is 2. The molecule has 5 rings (SSSR count). The number of thioether (sulfide) groups is 1. The number of nitrogens with zero attached hydrogens (tertiary/aromatic N) is 3. The third kappa shape index (κ3) is 6.89. The number of hydrogen-bond acceptors (Lipinski definition) is 10. The van der Waals surface area contributed by atoms with Gasteiger partial charge in [-0.1, -0.05) is 23.9 Å². The molecule has 0 saturated carbocycles. The minimum Gasteiger partial charge on any atom is -0.497 e. The molecule has 13 heteroatoms. The Morgan fingerprint density at radius 2 is 1.77 bits per heavy atom. The van der Waals surface area contributed by atoms with E-state index in [2.05, 4.69) is 20.8 Å². The number of aromatic nitrogens is 3. The van der Waals surface area contributed by atoms with Crippen molar-refractivity contribution in [3.05, 3.63) is 75.9 Å². The van der Waals surface area contributed by atoms with Gasteiger partial charge in [-0.15, -0.1) is 21.5 Å². The molecule has 2 heterocycles. The van der Waals surface area contributed by atoms with Crippen LogP contribution >= 0.6 is 23.1 Å². The van der Waals surface area contributed by atoms with Gasteiger partial charge >= 0.3 is 5.97 Å². The monoisotopic (exact) mass is 635 g/mol. The quantitative estimate of drug-likeness (QED) is 0.162. The smallest absolute Gasteiger partial charge is 0.341 e. The molecule has 2 amide bonds. The fourth-order valence-electron chi connectivity index (χ4n) is 4.93. The summed E-state index contributed by atoms with van der Waals surface area (Å²) in [7, 11) is 3.13. The Hall–Kier alpha value is -4.36. The molecule has 1 aliphatic carbocycles. The Morgan fingerprint density at radius 1 is 1.00 bits per heavy atom. The molecule has 2 aromatic carbocycles. The van der Waals surface area contributed by atoms with Gasteiger partial charge in [-0.2, -0.15) is 0 Å². The fourth-order valence-corrected chi connectivity index (χ4v) is 6.99. The molecular formula is C31H33N5O6S2. The summed E-state index contributed by atoms with van der Waals surface area (Å²) in [5.74, 6) is 0.705. The molecule has 0 fully saturated rings. The molecule has 0 spiro atoms. The van der Waals surface area contributed by atoms with Gasteiger partial charge in [-0.05, 0) is 74.6 Å². The first-order valence-corrected chi connectivity index (χ1v) is 16.0. The zero-order valence-corrected chi connectivity index (χ0v) is 26.3. The first-order valence-electron chi connectivity index (χ1n) is 14.2. The Bertz CT molecular complexity index is 1650. The van der Waals surface area contributed by atoms with E-state index in [9.17, 15) is 14.4 Å². The number of carbonyl (C=O) groups is 3. The number of ether oxygens (including phenoxy) is 3. The van der Waals surface area contributed by atoms with Gasteiger partial charge in [0.1, 0.15) is 16.5 Å². The van der Waals surface area contributed by atoms with E-state index >= 15 is 0 Å². The first-order chi connectivity index (χ1) is 21.4. The number of fused-ring (bicyclic) bond motifs is 1. The van der Waals surface area contributed by atoms with Crippen LogP contribution < -0.4 is 20.1 Å². The van der Waals surface area contributed by atoms with E-state index in [0.717, 1.165) is 36.1 Å². The van der Waals surface area contributed by atoms with Crippen LogP contribution in [0.1, 0.15) is 56.7 Å². The van der Waals surface area contributed by atoms with Crippen LogP contribution in [0, 0.1) is 0 Å². The molecule has 0 aliphatic heterocycles. The summed E-state index contributed by atoms with van der Waals surface area (Å²) in [5, 5.41) is 15.5. The van der Waals surface area contributed by atoms with Gasteiger partial charge in [0.2, 0.25) is 5.91 Å². The predicted molar refractivity (Wildman–Crippen MR) is 168 cm³/mol. The Kier molecular flexibility index (Phi) is 10.2. The highest BCUT2D eigenvalue weighted by molar-refractivity contribution is 7.99. The number of methoxy groups -OCH3 is 2. The average molecular weight is 636 g/mol. The van der Waals surface area contributed by atoms with Gasteiger partial charge in [0.15, 0.2) is 11.0 Å². The van der Waals surface area contributed by atoms with Gasteiger partial charge in [0, 0.05) is 10.4 Å². The molecule has 2 aromatic heterocycles. The van der Waals surface area contributed by atoms with Crippen LogP contribution in [0.3, 0.4) is 0 Å². The van der Waals surface area contributed by atoms with E-state index in [1.165, 1.54) is 23.1 Å². The molecule has 0 bridgehead atoms. The van der Waals surface area contributed by atoms with Crippen molar-refractivity contribution in [2.45, 2.75) is 44.3 Å². The number of benzene rings is 2. The number of esters is 1. The van der Waals surface area contributed by atoms with Crippen molar-refractivity contribution in [2.24, 2.45) is 0 Å². The minimum atomic E-state index is -0.410. The summed E-state index contributed by atoms with van der Waals surface area (Å²) in [6.07, 6.45) is 3.74. The molecule has 0 atom stereocenters. The van der Waals surface area contributed by atoms with Crippen molar-refractivity contribution in [3.8, 4) is 17.2 Å². The molecule has 0 saturated heterocycles. The van der Waals surface area contributed by atoms with Gasteiger partial charge in [-0.3, -0.25) is 14.2 Å². The molecule has 0 radical (unpaired) electrons. The highest BCUT2D eigenvalue weighted by atomic mass is 32.2. The third-order valence-electron chi connectivity index (χ3n) is 7.02. The van der Waals surface area contributed by atoms with Crippen molar-refractivity contribution in [1.29, 1.82) is 0 Å². The number of carbonyl (C=O) groups excluding carboxylic acids is 3. The third-order valence-corrected chi connectivity index (χ3v) is 9.16. The molecule has 0 unspecified atom stereocenters. The van der Waals surface area contributed by atoms with Gasteiger partial charge in [0.05, 0.1) is 44.4 Å². The number of anilines is 1. The van der Waals surface area contributed by atoms with Crippen molar-refractivity contribution in [2.75, 3.05) is 31.9 Å². The molecule has 11 nitrogen and oxygen atoms in total. The highest BCUT2D eigenvalue weighted by Gasteiger charge is 2.27. The molecule has 2 N–H and O–H groups in total. The van der Waals surface area contributed by atoms with Crippen molar-refractivity contribution >= 4 is 45.9 Å².